The molecule has 0 aliphatic carbocycles. The number of carbonyl (C=O) groups is 2. The van der Waals surface area contributed by atoms with Crippen LogP contribution in [0.2, 0.25) is 0 Å². The molecule has 0 heterocycles. The molecule has 5 nitrogen and oxygen atoms in total. The van der Waals surface area contributed by atoms with Gasteiger partial charge in [0.15, 0.2) is 0 Å². The zero-order valence-electron chi connectivity index (χ0n) is 13.0. The summed E-state index contributed by atoms with van der Waals surface area (Å²) in [6.07, 6.45) is 2.07. The van der Waals surface area contributed by atoms with Crippen molar-refractivity contribution in [3.8, 4) is 0 Å². The third kappa shape index (κ3) is 8.59. The first-order valence-electron chi connectivity index (χ1n) is 7.11. The molecule has 3 amide bonds. The van der Waals surface area contributed by atoms with Gasteiger partial charge in [-0.3, -0.25) is 9.69 Å². The molecule has 0 saturated heterocycles. The molecule has 0 unspecified atom stereocenters. The number of amides is 3. The summed E-state index contributed by atoms with van der Waals surface area (Å²) in [5.74, 6) is 0.403. The minimum absolute atomic E-state index is 0.0709. The zero-order valence-corrected chi connectivity index (χ0v) is 13.0. The van der Waals surface area contributed by atoms with Gasteiger partial charge in [-0.05, 0) is 46.3 Å². The molecule has 0 atom stereocenters. The number of hydrogen-bond donors (Lipinski definition) is 1. The van der Waals surface area contributed by atoms with E-state index in [2.05, 4.69) is 24.1 Å². The number of carbonyl (C=O) groups excluding carboxylic acids is 2. The Morgan fingerprint density at radius 2 is 1.79 bits per heavy atom. The smallest absolute Gasteiger partial charge is 0.324 e. The summed E-state index contributed by atoms with van der Waals surface area (Å²) in [4.78, 5) is 27.4. The van der Waals surface area contributed by atoms with Gasteiger partial charge in [0.05, 0.1) is 0 Å². The SMILES string of the molecule is CCNC(=O)N(CCCN(C)C)C(=O)CCC(C)C. The maximum atomic E-state index is 12.1. The van der Waals surface area contributed by atoms with Gasteiger partial charge in [-0.2, -0.15) is 0 Å². The van der Waals surface area contributed by atoms with E-state index in [0.717, 1.165) is 19.4 Å². The standard InChI is InChI=1S/C14H29N3O2/c1-6-15-14(19)17(11-7-10-16(4)5)13(18)9-8-12(2)3/h12H,6-11H2,1-5H3,(H,15,19). The van der Waals surface area contributed by atoms with E-state index >= 15 is 0 Å². The molecule has 0 spiro atoms. The molecule has 1 N–H and O–H groups in total. The Hall–Kier alpha value is -1.10. The molecule has 5 heteroatoms. The van der Waals surface area contributed by atoms with Gasteiger partial charge in [0.2, 0.25) is 5.91 Å². The van der Waals surface area contributed by atoms with Crippen molar-refractivity contribution >= 4 is 11.9 Å². The molecule has 0 aliphatic heterocycles. The molecule has 19 heavy (non-hydrogen) atoms. The first-order valence-corrected chi connectivity index (χ1v) is 7.11. The maximum absolute atomic E-state index is 12.1. The van der Waals surface area contributed by atoms with Crippen molar-refractivity contribution in [3.63, 3.8) is 0 Å². The van der Waals surface area contributed by atoms with E-state index < -0.39 is 0 Å². The number of urea groups is 1. The Labute approximate surface area is 117 Å². The van der Waals surface area contributed by atoms with E-state index in [1.54, 1.807) is 0 Å². The first-order chi connectivity index (χ1) is 8.88. The van der Waals surface area contributed by atoms with Crippen LogP contribution in [0, 0.1) is 5.92 Å². The van der Waals surface area contributed by atoms with Crippen LogP contribution in [0.1, 0.15) is 40.0 Å². The topological polar surface area (TPSA) is 52.7 Å². The first kappa shape index (κ1) is 17.9. The van der Waals surface area contributed by atoms with E-state index in [4.69, 9.17) is 0 Å². The molecular formula is C14H29N3O2. The molecule has 0 bridgehead atoms. The second kappa shape index (κ2) is 9.78. The Morgan fingerprint density at radius 3 is 2.26 bits per heavy atom. The zero-order chi connectivity index (χ0) is 14.8. The third-order valence-corrected chi connectivity index (χ3v) is 2.80. The van der Waals surface area contributed by atoms with E-state index in [-0.39, 0.29) is 11.9 Å². The summed E-state index contributed by atoms with van der Waals surface area (Å²) in [5, 5.41) is 2.70. The molecule has 0 aromatic heterocycles. The molecule has 112 valence electrons. The molecule has 0 aliphatic rings. The van der Waals surface area contributed by atoms with Gasteiger partial charge in [-0.25, -0.2) is 4.79 Å². The molecule has 0 radical (unpaired) electrons. The molecule has 0 rings (SSSR count). The Balaban J connectivity index is 4.39. The number of nitrogens with one attached hydrogen (secondary N) is 1. The maximum Gasteiger partial charge on any atom is 0.324 e. The van der Waals surface area contributed by atoms with Crippen LogP contribution in [0.15, 0.2) is 0 Å². The second-order valence-electron chi connectivity index (χ2n) is 5.47. The average Bonchev–Trinajstić information content (AvgIpc) is 2.31. The van der Waals surface area contributed by atoms with Gasteiger partial charge in [0, 0.05) is 19.5 Å². The lowest BCUT2D eigenvalue weighted by Crippen LogP contribution is -2.44. The van der Waals surface area contributed by atoms with Gasteiger partial charge in [-0.1, -0.05) is 13.8 Å². The van der Waals surface area contributed by atoms with Crippen molar-refractivity contribution < 1.29 is 9.59 Å². The van der Waals surface area contributed by atoms with Crippen LogP contribution >= 0.6 is 0 Å². The van der Waals surface area contributed by atoms with Gasteiger partial charge in [0.1, 0.15) is 0 Å². The largest absolute Gasteiger partial charge is 0.338 e. The van der Waals surface area contributed by atoms with Crippen LogP contribution in [0.25, 0.3) is 0 Å². The van der Waals surface area contributed by atoms with Crippen LogP contribution in [-0.2, 0) is 4.79 Å². The highest BCUT2D eigenvalue weighted by molar-refractivity contribution is 5.94. The highest BCUT2D eigenvalue weighted by atomic mass is 16.2. The minimum Gasteiger partial charge on any atom is -0.338 e. The predicted octanol–water partition coefficient (Wildman–Crippen LogP) is 1.93. The van der Waals surface area contributed by atoms with Gasteiger partial charge in [-0.15, -0.1) is 0 Å². The van der Waals surface area contributed by atoms with Gasteiger partial charge >= 0.3 is 6.03 Å². The number of nitrogens with zero attached hydrogens (tertiary/aromatic N) is 2. The van der Waals surface area contributed by atoms with E-state index in [0.29, 0.717) is 25.4 Å². The quantitative estimate of drug-likeness (QED) is 0.734. The molecular weight excluding hydrogens is 242 g/mol. The number of imide groups is 1. The fraction of sp³-hybridized carbons (Fsp3) is 0.857. The lowest BCUT2D eigenvalue weighted by atomic mass is 10.1. The van der Waals surface area contributed by atoms with Crippen molar-refractivity contribution in [2.75, 3.05) is 33.7 Å². The Bertz CT molecular complexity index is 278. The van der Waals surface area contributed by atoms with Crippen molar-refractivity contribution in [1.29, 1.82) is 0 Å². The van der Waals surface area contributed by atoms with Crippen LogP contribution in [0.5, 0.6) is 0 Å². The highest BCUT2D eigenvalue weighted by Gasteiger charge is 2.20. The average molecular weight is 271 g/mol. The number of rotatable bonds is 8. The van der Waals surface area contributed by atoms with Crippen LogP contribution in [0.4, 0.5) is 4.79 Å². The van der Waals surface area contributed by atoms with Crippen molar-refractivity contribution in [2.24, 2.45) is 5.92 Å². The highest BCUT2D eigenvalue weighted by Crippen LogP contribution is 2.07. The fourth-order valence-corrected chi connectivity index (χ4v) is 1.68. The monoisotopic (exact) mass is 271 g/mol. The van der Waals surface area contributed by atoms with E-state index in [9.17, 15) is 9.59 Å². The molecule has 0 aromatic carbocycles. The molecule has 0 aromatic rings. The van der Waals surface area contributed by atoms with Crippen molar-refractivity contribution in [3.05, 3.63) is 0 Å². The van der Waals surface area contributed by atoms with Crippen LogP contribution in [0.3, 0.4) is 0 Å². The summed E-state index contributed by atoms with van der Waals surface area (Å²) < 4.78 is 0. The van der Waals surface area contributed by atoms with Crippen LogP contribution < -0.4 is 5.32 Å². The lowest BCUT2D eigenvalue weighted by molar-refractivity contribution is -0.128. The van der Waals surface area contributed by atoms with E-state index in [1.165, 1.54) is 4.90 Å². The summed E-state index contributed by atoms with van der Waals surface area (Å²) >= 11 is 0. The fourth-order valence-electron chi connectivity index (χ4n) is 1.68. The summed E-state index contributed by atoms with van der Waals surface area (Å²) in [6.45, 7) is 7.91. The van der Waals surface area contributed by atoms with E-state index in [1.807, 2.05) is 21.0 Å². The van der Waals surface area contributed by atoms with Gasteiger partial charge < -0.3 is 10.2 Å². The summed E-state index contributed by atoms with van der Waals surface area (Å²) in [6, 6.07) is -0.269. The van der Waals surface area contributed by atoms with Crippen molar-refractivity contribution in [1.82, 2.24) is 15.1 Å². The molecule has 0 fully saturated rings. The second-order valence-corrected chi connectivity index (χ2v) is 5.47. The lowest BCUT2D eigenvalue weighted by Gasteiger charge is -2.22. The van der Waals surface area contributed by atoms with Crippen molar-refractivity contribution in [2.45, 2.75) is 40.0 Å². The number of hydrogen-bond acceptors (Lipinski definition) is 3. The summed E-state index contributed by atoms with van der Waals surface area (Å²) in [5.41, 5.74) is 0. The van der Waals surface area contributed by atoms with Crippen LogP contribution in [-0.4, -0.2) is 55.5 Å². The van der Waals surface area contributed by atoms with Gasteiger partial charge in [0.25, 0.3) is 0 Å². The Morgan fingerprint density at radius 1 is 1.16 bits per heavy atom. The predicted molar refractivity (Wildman–Crippen MR) is 78.0 cm³/mol. The molecule has 0 saturated carbocycles. The normalized spacial score (nSPS) is 10.9. The third-order valence-electron chi connectivity index (χ3n) is 2.80. The Kier molecular flexibility index (Phi) is 9.21. The summed E-state index contributed by atoms with van der Waals surface area (Å²) in [7, 11) is 3.97. The minimum atomic E-state index is -0.269.